The third-order valence-electron chi connectivity index (χ3n) is 2.07. The predicted molar refractivity (Wildman–Crippen MR) is 60.3 cm³/mol. The normalized spacial score (nSPS) is 10.1. The second kappa shape index (κ2) is 7.56. The molecule has 0 aliphatic heterocycles. The van der Waals surface area contributed by atoms with E-state index in [1.807, 2.05) is 0 Å². The van der Waals surface area contributed by atoms with Gasteiger partial charge in [0.2, 0.25) is 0 Å². The zero-order chi connectivity index (χ0) is 11.8. The van der Waals surface area contributed by atoms with Crippen molar-refractivity contribution in [2.45, 2.75) is 27.2 Å². The van der Waals surface area contributed by atoms with Crippen LogP contribution >= 0.6 is 0 Å². The molecule has 0 radical (unpaired) electrons. The summed E-state index contributed by atoms with van der Waals surface area (Å²) in [6, 6.07) is 0. The lowest BCUT2D eigenvalue weighted by Crippen LogP contribution is -2.39. The number of hydrogen-bond donors (Lipinski definition) is 1. The van der Waals surface area contributed by atoms with Gasteiger partial charge in [0.25, 0.3) is 0 Å². The Hall–Kier alpha value is -0.830. The predicted octanol–water partition coefficient (Wildman–Crippen LogP) is 1.39. The molecule has 0 amide bonds. The molecule has 0 saturated heterocycles. The first kappa shape index (κ1) is 15.6. The van der Waals surface area contributed by atoms with Gasteiger partial charge >= 0.3 is 0 Å². The molecular weight excluding hydrogens is 176 g/mol. The molecule has 0 aromatic carbocycles. The van der Waals surface area contributed by atoms with E-state index in [1.165, 1.54) is 26.4 Å². The minimum Gasteiger partial charge on any atom is -0.859 e. The number of nitrogens with zero attached hydrogens (tertiary/aromatic N) is 1. The van der Waals surface area contributed by atoms with Crippen LogP contribution in [0.4, 0.5) is 0 Å². The fourth-order valence-electron chi connectivity index (χ4n) is 0.763. The summed E-state index contributed by atoms with van der Waals surface area (Å²) in [5.74, 6) is -0.685. The van der Waals surface area contributed by atoms with Crippen LogP contribution < -0.4 is 5.11 Å². The minimum atomic E-state index is -0.685. The van der Waals surface area contributed by atoms with Crippen LogP contribution in [-0.4, -0.2) is 37.6 Å². The van der Waals surface area contributed by atoms with Crippen LogP contribution in [0.1, 0.15) is 27.2 Å². The van der Waals surface area contributed by atoms with Crippen molar-refractivity contribution in [2.75, 3.05) is 27.2 Å². The minimum absolute atomic E-state index is 0.287. The number of nitrogens with one attached hydrogen (secondary N) is 1. The largest absolute Gasteiger partial charge is 0.859 e. The molecule has 1 N–H and O–H groups in total. The zero-order valence-corrected chi connectivity index (χ0v) is 10.2. The van der Waals surface area contributed by atoms with Crippen LogP contribution in [0, 0.1) is 5.41 Å². The van der Waals surface area contributed by atoms with Crippen molar-refractivity contribution in [3.05, 3.63) is 12.2 Å². The highest BCUT2D eigenvalue weighted by Crippen LogP contribution is 1.95. The van der Waals surface area contributed by atoms with Crippen LogP contribution in [0.3, 0.4) is 0 Å². The summed E-state index contributed by atoms with van der Waals surface area (Å²) in [4.78, 5) is 0. The fraction of sp³-hybridized carbons (Fsp3) is 0.727. The molecule has 0 aliphatic carbocycles. The van der Waals surface area contributed by atoms with Crippen molar-refractivity contribution in [3.63, 3.8) is 0 Å². The molecule has 0 saturated carbocycles. The quantitative estimate of drug-likeness (QED) is 0.416. The summed E-state index contributed by atoms with van der Waals surface area (Å²) in [5.41, 5.74) is 0.287. The summed E-state index contributed by atoms with van der Waals surface area (Å²) >= 11 is 0. The third-order valence-corrected chi connectivity index (χ3v) is 2.07. The molecule has 3 heteroatoms. The van der Waals surface area contributed by atoms with Gasteiger partial charge in [0, 0.05) is 0 Å². The smallest absolute Gasteiger partial charge is 0.0779 e. The Morgan fingerprint density at radius 3 is 1.79 bits per heavy atom. The SMILES string of the molecule is C=C(C)C(=N)[O-].CCC[N+](C)(C)CC. The van der Waals surface area contributed by atoms with Gasteiger partial charge in [-0.1, -0.05) is 13.5 Å². The van der Waals surface area contributed by atoms with E-state index >= 15 is 0 Å². The second-order valence-corrected chi connectivity index (χ2v) is 4.09. The fourth-order valence-corrected chi connectivity index (χ4v) is 0.763. The zero-order valence-electron chi connectivity index (χ0n) is 10.2. The number of rotatable bonds is 4. The van der Waals surface area contributed by atoms with Gasteiger partial charge < -0.3 is 15.0 Å². The van der Waals surface area contributed by atoms with E-state index in [0.29, 0.717) is 0 Å². The highest BCUT2D eigenvalue weighted by Gasteiger charge is 2.07. The van der Waals surface area contributed by atoms with Gasteiger partial charge in [-0.15, -0.1) is 0 Å². The van der Waals surface area contributed by atoms with Crippen molar-refractivity contribution < 1.29 is 9.59 Å². The van der Waals surface area contributed by atoms with Crippen molar-refractivity contribution in [1.29, 1.82) is 5.41 Å². The lowest BCUT2D eigenvalue weighted by molar-refractivity contribution is -0.888. The van der Waals surface area contributed by atoms with Crippen molar-refractivity contribution in [2.24, 2.45) is 0 Å². The maximum atomic E-state index is 9.71. The molecule has 0 bridgehead atoms. The van der Waals surface area contributed by atoms with Gasteiger partial charge in [0.05, 0.1) is 27.2 Å². The third kappa shape index (κ3) is 11.2. The maximum absolute atomic E-state index is 9.71. The molecule has 0 atom stereocenters. The standard InChI is InChI=1S/C7H18N.C4H7NO/c1-5-7-8(3,4)6-2;1-3(2)4(5)6/h5-7H2,1-4H3;1H2,2H3,(H2,5,6)/q+1;/p-1. The van der Waals surface area contributed by atoms with E-state index in [-0.39, 0.29) is 5.57 Å². The first-order valence-electron chi connectivity index (χ1n) is 5.00. The van der Waals surface area contributed by atoms with Crippen LogP contribution in [0.25, 0.3) is 0 Å². The van der Waals surface area contributed by atoms with Crippen LogP contribution in [0.2, 0.25) is 0 Å². The van der Waals surface area contributed by atoms with Gasteiger partial charge in [0.15, 0.2) is 0 Å². The van der Waals surface area contributed by atoms with Gasteiger partial charge in [-0.3, -0.25) is 0 Å². The average molecular weight is 200 g/mol. The first-order valence-corrected chi connectivity index (χ1v) is 5.00. The Bertz CT molecular complexity index is 174. The molecular formula is C11H24N2O. The van der Waals surface area contributed by atoms with E-state index in [1.54, 1.807) is 0 Å². The van der Waals surface area contributed by atoms with Crippen molar-refractivity contribution in [3.8, 4) is 0 Å². The Morgan fingerprint density at radius 1 is 1.36 bits per heavy atom. The Labute approximate surface area is 88.2 Å². The highest BCUT2D eigenvalue weighted by molar-refractivity contribution is 5.85. The lowest BCUT2D eigenvalue weighted by atomic mass is 10.4. The van der Waals surface area contributed by atoms with Crippen LogP contribution in [0.15, 0.2) is 12.2 Å². The topological polar surface area (TPSA) is 46.9 Å². The summed E-state index contributed by atoms with van der Waals surface area (Å²) in [5, 5.41) is 16.0. The lowest BCUT2D eigenvalue weighted by Gasteiger charge is -2.27. The highest BCUT2D eigenvalue weighted by atomic mass is 16.3. The first-order chi connectivity index (χ1) is 6.26. The molecule has 0 aromatic heterocycles. The van der Waals surface area contributed by atoms with E-state index in [2.05, 4.69) is 34.5 Å². The molecule has 0 spiro atoms. The molecule has 0 fully saturated rings. The summed E-state index contributed by atoms with van der Waals surface area (Å²) in [6.07, 6.45) is 1.29. The summed E-state index contributed by atoms with van der Waals surface area (Å²) in [7, 11) is 4.53. The average Bonchev–Trinajstić information content (AvgIpc) is 2.05. The monoisotopic (exact) mass is 200 g/mol. The van der Waals surface area contributed by atoms with E-state index in [0.717, 1.165) is 4.48 Å². The van der Waals surface area contributed by atoms with Gasteiger partial charge in [0.1, 0.15) is 0 Å². The Kier molecular flexibility index (Phi) is 8.44. The molecule has 0 aromatic rings. The van der Waals surface area contributed by atoms with Crippen LogP contribution in [-0.2, 0) is 0 Å². The van der Waals surface area contributed by atoms with Gasteiger partial charge in [-0.2, -0.15) is 0 Å². The molecule has 0 unspecified atom stereocenters. The van der Waals surface area contributed by atoms with Gasteiger partial charge in [-0.05, 0) is 31.7 Å². The summed E-state index contributed by atoms with van der Waals surface area (Å²) in [6.45, 7) is 11.7. The molecule has 14 heavy (non-hydrogen) atoms. The van der Waals surface area contributed by atoms with E-state index in [9.17, 15) is 5.11 Å². The van der Waals surface area contributed by atoms with Gasteiger partial charge in [-0.25, -0.2) is 0 Å². The number of hydrogen-bond acceptors (Lipinski definition) is 2. The summed E-state index contributed by atoms with van der Waals surface area (Å²) < 4.78 is 1.16. The molecule has 84 valence electrons. The van der Waals surface area contributed by atoms with Crippen molar-refractivity contribution >= 4 is 5.90 Å². The molecule has 0 heterocycles. The van der Waals surface area contributed by atoms with E-state index in [4.69, 9.17) is 5.41 Å². The second-order valence-electron chi connectivity index (χ2n) is 4.09. The molecule has 3 nitrogen and oxygen atoms in total. The molecule has 0 aliphatic rings. The molecule has 0 rings (SSSR count). The Morgan fingerprint density at radius 2 is 1.71 bits per heavy atom. The van der Waals surface area contributed by atoms with Crippen molar-refractivity contribution in [1.82, 2.24) is 0 Å². The van der Waals surface area contributed by atoms with Crippen LogP contribution in [0.5, 0.6) is 0 Å². The number of quaternary nitrogens is 1. The maximum Gasteiger partial charge on any atom is 0.0779 e. The Balaban J connectivity index is 0. The van der Waals surface area contributed by atoms with E-state index < -0.39 is 5.90 Å².